The summed E-state index contributed by atoms with van der Waals surface area (Å²) in [7, 11) is 0. The highest BCUT2D eigenvalue weighted by molar-refractivity contribution is 5.66. The van der Waals surface area contributed by atoms with Crippen LogP contribution in [-0.2, 0) is 17.9 Å². The maximum absolute atomic E-state index is 10.5. The van der Waals surface area contributed by atoms with E-state index in [1.165, 1.54) is 16.4 Å². The van der Waals surface area contributed by atoms with E-state index in [1.54, 1.807) is 6.20 Å². The van der Waals surface area contributed by atoms with Gasteiger partial charge in [0.15, 0.2) is 5.75 Å². The third kappa shape index (κ3) is 3.35. The van der Waals surface area contributed by atoms with Crippen LogP contribution in [0.25, 0.3) is 0 Å². The molecule has 5 nitrogen and oxygen atoms in total. The number of aliphatic carboxylic acids is 1. The Morgan fingerprint density at radius 3 is 2.78 bits per heavy atom. The van der Waals surface area contributed by atoms with Gasteiger partial charge in [0.05, 0.1) is 12.4 Å². The monoisotopic (exact) mass is 246 g/mol. The van der Waals surface area contributed by atoms with Gasteiger partial charge in [-0.25, -0.2) is 0 Å². The van der Waals surface area contributed by atoms with Gasteiger partial charge in [-0.1, -0.05) is 29.8 Å². The molecule has 1 aromatic carbocycles. The molecule has 0 saturated carbocycles. The van der Waals surface area contributed by atoms with Crippen LogP contribution in [-0.4, -0.2) is 20.9 Å². The van der Waals surface area contributed by atoms with Gasteiger partial charge in [0, 0.05) is 0 Å². The van der Waals surface area contributed by atoms with E-state index in [1.807, 2.05) is 31.2 Å². The molecule has 0 saturated heterocycles. The fraction of sp³-hybridized carbons (Fsp3) is 0.231. The van der Waals surface area contributed by atoms with Crippen LogP contribution in [0.2, 0.25) is 0 Å². The predicted octanol–water partition coefficient (Wildman–Crippen LogP) is 1.86. The molecule has 18 heavy (non-hydrogen) atoms. The first-order chi connectivity index (χ1) is 8.63. The molecule has 5 heteroatoms. The van der Waals surface area contributed by atoms with Crippen molar-refractivity contribution in [2.24, 2.45) is 0 Å². The maximum Gasteiger partial charge on any atom is 0.325 e. The number of aryl methyl sites for hydroxylation is 1. The number of hydrogen-bond donors (Lipinski definition) is 1. The summed E-state index contributed by atoms with van der Waals surface area (Å²) in [5.41, 5.74) is 2.26. The highest BCUT2D eigenvalue weighted by Crippen LogP contribution is 2.11. The summed E-state index contributed by atoms with van der Waals surface area (Å²) in [4.78, 5) is 10.5. The minimum absolute atomic E-state index is 0.159. The van der Waals surface area contributed by atoms with Crippen molar-refractivity contribution in [3.8, 4) is 5.75 Å². The zero-order chi connectivity index (χ0) is 13.0. The van der Waals surface area contributed by atoms with Crippen molar-refractivity contribution >= 4 is 5.97 Å². The largest absolute Gasteiger partial charge is 0.486 e. The second kappa shape index (κ2) is 5.35. The van der Waals surface area contributed by atoms with Gasteiger partial charge in [0.25, 0.3) is 0 Å². The summed E-state index contributed by atoms with van der Waals surface area (Å²) in [6.07, 6.45) is 3.08. The van der Waals surface area contributed by atoms with E-state index in [4.69, 9.17) is 9.84 Å². The SMILES string of the molecule is Cc1ccc(COc2cnn(CC(=O)O)c2)cc1. The summed E-state index contributed by atoms with van der Waals surface area (Å²) in [5.74, 6) is -0.361. The summed E-state index contributed by atoms with van der Waals surface area (Å²) >= 11 is 0. The minimum Gasteiger partial charge on any atom is -0.486 e. The first-order valence-electron chi connectivity index (χ1n) is 5.56. The number of carbonyl (C=O) groups is 1. The molecule has 0 unspecified atom stereocenters. The molecule has 0 aliphatic rings. The molecule has 2 aromatic rings. The van der Waals surface area contributed by atoms with Crippen molar-refractivity contribution in [2.45, 2.75) is 20.1 Å². The molecule has 0 aliphatic heterocycles. The Morgan fingerprint density at radius 1 is 1.39 bits per heavy atom. The predicted molar refractivity (Wildman–Crippen MR) is 65.4 cm³/mol. The lowest BCUT2D eigenvalue weighted by atomic mass is 10.2. The lowest BCUT2D eigenvalue weighted by molar-refractivity contribution is -0.137. The average molecular weight is 246 g/mol. The van der Waals surface area contributed by atoms with Gasteiger partial charge in [0.2, 0.25) is 0 Å². The quantitative estimate of drug-likeness (QED) is 0.874. The van der Waals surface area contributed by atoms with Gasteiger partial charge in [-0.2, -0.15) is 5.10 Å². The molecular weight excluding hydrogens is 232 g/mol. The van der Waals surface area contributed by atoms with Gasteiger partial charge in [-0.15, -0.1) is 0 Å². The van der Waals surface area contributed by atoms with E-state index in [0.717, 1.165) is 5.56 Å². The third-order valence-electron chi connectivity index (χ3n) is 2.43. The Balaban J connectivity index is 1.92. The topological polar surface area (TPSA) is 64.4 Å². The molecule has 2 rings (SSSR count). The number of benzene rings is 1. The van der Waals surface area contributed by atoms with E-state index in [0.29, 0.717) is 12.4 Å². The van der Waals surface area contributed by atoms with Gasteiger partial charge in [0.1, 0.15) is 13.2 Å². The molecule has 0 fully saturated rings. The molecule has 94 valence electrons. The van der Waals surface area contributed by atoms with Crippen molar-refractivity contribution in [1.29, 1.82) is 0 Å². The van der Waals surface area contributed by atoms with Crippen molar-refractivity contribution in [3.05, 3.63) is 47.8 Å². The lowest BCUT2D eigenvalue weighted by Gasteiger charge is -2.03. The fourth-order valence-electron chi connectivity index (χ4n) is 1.50. The van der Waals surface area contributed by atoms with Gasteiger partial charge in [-0.3, -0.25) is 9.48 Å². The Hall–Kier alpha value is -2.30. The minimum atomic E-state index is -0.928. The Bertz CT molecular complexity index is 531. The van der Waals surface area contributed by atoms with Crippen molar-refractivity contribution < 1.29 is 14.6 Å². The molecule has 1 aromatic heterocycles. The molecule has 0 bridgehead atoms. The van der Waals surface area contributed by atoms with Crippen LogP contribution >= 0.6 is 0 Å². The van der Waals surface area contributed by atoms with Crippen LogP contribution in [0.4, 0.5) is 0 Å². The summed E-state index contributed by atoms with van der Waals surface area (Å²) in [6, 6.07) is 8.03. The van der Waals surface area contributed by atoms with Gasteiger partial charge >= 0.3 is 5.97 Å². The smallest absolute Gasteiger partial charge is 0.325 e. The molecular formula is C13H14N2O3. The Kier molecular flexibility index (Phi) is 3.62. The second-order valence-corrected chi connectivity index (χ2v) is 4.04. The Labute approximate surface area is 105 Å². The maximum atomic E-state index is 10.5. The summed E-state index contributed by atoms with van der Waals surface area (Å²) < 4.78 is 6.84. The van der Waals surface area contributed by atoms with Crippen LogP contribution in [0.1, 0.15) is 11.1 Å². The van der Waals surface area contributed by atoms with Crippen LogP contribution in [0.15, 0.2) is 36.7 Å². The number of carboxylic acid groups (broad SMARTS) is 1. The van der Waals surface area contributed by atoms with Crippen molar-refractivity contribution in [2.75, 3.05) is 0 Å². The fourth-order valence-corrected chi connectivity index (χ4v) is 1.50. The van der Waals surface area contributed by atoms with E-state index in [9.17, 15) is 4.79 Å². The van der Waals surface area contributed by atoms with Gasteiger partial charge < -0.3 is 9.84 Å². The molecule has 0 spiro atoms. The summed E-state index contributed by atoms with van der Waals surface area (Å²) in [5, 5.41) is 12.5. The first-order valence-corrected chi connectivity index (χ1v) is 5.56. The molecule has 0 amide bonds. The number of rotatable bonds is 5. The van der Waals surface area contributed by atoms with E-state index in [2.05, 4.69) is 5.10 Å². The van der Waals surface area contributed by atoms with Crippen LogP contribution in [0.3, 0.4) is 0 Å². The number of ether oxygens (including phenoxy) is 1. The zero-order valence-corrected chi connectivity index (χ0v) is 10.0. The van der Waals surface area contributed by atoms with E-state index < -0.39 is 5.97 Å². The van der Waals surface area contributed by atoms with Crippen LogP contribution in [0.5, 0.6) is 5.75 Å². The number of nitrogens with zero attached hydrogens (tertiary/aromatic N) is 2. The number of aromatic nitrogens is 2. The standard InChI is InChI=1S/C13H14N2O3/c1-10-2-4-11(5-3-10)9-18-12-6-14-15(7-12)8-13(16)17/h2-7H,8-9H2,1H3,(H,16,17). The third-order valence-corrected chi connectivity index (χ3v) is 2.43. The van der Waals surface area contributed by atoms with E-state index >= 15 is 0 Å². The second-order valence-electron chi connectivity index (χ2n) is 4.04. The van der Waals surface area contributed by atoms with E-state index in [-0.39, 0.29) is 6.54 Å². The molecule has 1 heterocycles. The lowest BCUT2D eigenvalue weighted by Crippen LogP contribution is -2.08. The molecule has 0 atom stereocenters. The Morgan fingerprint density at radius 2 is 2.11 bits per heavy atom. The van der Waals surface area contributed by atoms with Crippen LogP contribution < -0.4 is 4.74 Å². The van der Waals surface area contributed by atoms with Crippen molar-refractivity contribution in [1.82, 2.24) is 9.78 Å². The van der Waals surface area contributed by atoms with Gasteiger partial charge in [-0.05, 0) is 12.5 Å². The highest BCUT2D eigenvalue weighted by atomic mass is 16.5. The molecule has 0 aliphatic carbocycles. The molecule has 1 N–H and O–H groups in total. The average Bonchev–Trinajstić information content (AvgIpc) is 2.75. The normalized spacial score (nSPS) is 10.3. The zero-order valence-electron chi connectivity index (χ0n) is 10.0. The number of carboxylic acids is 1. The first kappa shape index (κ1) is 12.2. The molecule has 0 radical (unpaired) electrons. The highest BCUT2D eigenvalue weighted by Gasteiger charge is 2.03. The van der Waals surface area contributed by atoms with Crippen LogP contribution in [0, 0.1) is 6.92 Å². The van der Waals surface area contributed by atoms with Crippen molar-refractivity contribution in [3.63, 3.8) is 0 Å². The number of hydrogen-bond acceptors (Lipinski definition) is 3. The summed E-state index contributed by atoms with van der Waals surface area (Å²) in [6.45, 7) is 2.31.